The summed E-state index contributed by atoms with van der Waals surface area (Å²) in [5.74, 6) is 0.483. The highest BCUT2D eigenvalue weighted by Crippen LogP contribution is 2.21. The predicted octanol–water partition coefficient (Wildman–Crippen LogP) is 1.10. The van der Waals surface area contributed by atoms with Gasteiger partial charge in [-0.15, -0.1) is 0 Å². The van der Waals surface area contributed by atoms with Gasteiger partial charge in [-0.05, 0) is 18.2 Å². The molecule has 0 saturated carbocycles. The van der Waals surface area contributed by atoms with Crippen molar-refractivity contribution < 1.29 is 4.74 Å². The fourth-order valence-electron chi connectivity index (χ4n) is 1.42. The van der Waals surface area contributed by atoms with E-state index in [9.17, 15) is 4.79 Å². The fraction of sp³-hybridized carbons (Fsp3) is 0.0909. The first-order valence-corrected chi connectivity index (χ1v) is 4.95. The van der Waals surface area contributed by atoms with E-state index >= 15 is 0 Å². The van der Waals surface area contributed by atoms with Crippen LogP contribution in [0.4, 0.5) is 17.2 Å². The van der Waals surface area contributed by atoms with Crippen LogP contribution in [0.5, 0.6) is 5.75 Å². The number of ether oxygens (including phenoxy) is 1. The zero-order valence-corrected chi connectivity index (χ0v) is 9.23. The molecule has 0 atom stereocenters. The molecule has 2 aromatic rings. The van der Waals surface area contributed by atoms with Gasteiger partial charge in [-0.25, -0.2) is 4.98 Å². The summed E-state index contributed by atoms with van der Waals surface area (Å²) in [6.45, 7) is 0. The van der Waals surface area contributed by atoms with E-state index in [1.807, 2.05) is 6.07 Å². The molecule has 88 valence electrons. The highest BCUT2D eigenvalue weighted by molar-refractivity contribution is 5.64. The Morgan fingerprint density at radius 1 is 1.47 bits per heavy atom. The van der Waals surface area contributed by atoms with Crippen LogP contribution in [-0.4, -0.2) is 17.1 Å². The summed E-state index contributed by atoms with van der Waals surface area (Å²) in [7, 11) is 1.41. The standard InChI is InChI=1S/C11H12N4O2/c1-17-9-10(13-6-14-11(9)16)15-8-4-2-3-7(12)5-8/h2-6H,12H2,1H3,(H2,13,14,15,16). The molecule has 0 aliphatic rings. The maximum absolute atomic E-state index is 11.4. The molecule has 1 aromatic carbocycles. The normalized spacial score (nSPS) is 9.94. The van der Waals surface area contributed by atoms with Crippen LogP contribution >= 0.6 is 0 Å². The number of benzene rings is 1. The average molecular weight is 232 g/mol. The second-order valence-electron chi connectivity index (χ2n) is 3.36. The van der Waals surface area contributed by atoms with Crippen molar-refractivity contribution in [2.45, 2.75) is 0 Å². The monoisotopic (exact) mass is 232 g/mol. The van der Waals surface area contributed by atoms with Crippen molar-refractivity contribution in [3.8, 4) is 5.75 Å². The number of aromatic amines is 1. The van der Waals surface area contributed by atoms with Crippen LogP contribution in [-0.2, 0) is 0 Å². The number of nitrogen functional groups attached to an aromatic ring is 1. The second-order valence-corrected chi connectivity index (χ2v) is 3.36. The Morgan fingerprint density at radius 3 is 3.00 bits per heavy atom. The molecule has 1 aromatic heterocycles. The third-order valence-corrected chi connectivity index (χ3v) is 2.16. The molecule has 0 radical (unpaired) electrons. The second kappa shape index (κ2) is 4.56. The number of nitrogens with zero attached hydrogens (tertiary/aromatic N) is 1. The lowest BCUT2D eigenvalue weighted by molar-refractivity contribution is 0.408. The average Bonchev–Trinajstić information content (AvgIpc) is 2.29. The first-order chi connectivity index (χ1) is 8.20. The SMILES string of the molecule is COc1c(Nc2cccc(N)c2)nc[nH]c1=O. The van der Waals surface area contributed by atoms with Crippen molar-refractivity contribution in [3.05, 3.63) is 40.9 Å². The minimum Gasteiger partial charge on any atom is -0.489 e. The number of methoxy groups -OCH3 is 1. The molecule has 6 nitrogen and oxygen atoms in total. The molecular formula is C11H12N4O2. The molecule has 0 unspecified atom stereocenters. The smallest absolute Gasteiger partial charge is 0.295 e. The van der Waals surface area contributed by atoms with Gasteiger partial charge in [0.2, 0.25) is 5.75 Å². The Morgan fingerprint density at radius 2 is 2.29 bits per heavy atom. The van der Waals surface area contributed by atoms with Crippen LogP contribution in [0.25, 0.3) is 0 Å². The molecule has 6 heteroatoms. The van der Waals surface area contributed by atoms with E-state index in [1.54, 1.807) is 18.2 Å². The van der Waals surface area contributed by atoms with Gasteiger partial charge >= 0.3 is 0 Å². The summed E-state index contributed by atoms with van der Waals surface area (Å²) in [4.78, 5) is 17.9. The maximum Gasteiger partial charge on any atom is 0.295 e. The van der Waals surface area contributed by atoms with Gasteiger partial charge in [0.05, 0.1) is 13.4 Å². The van der Waals surface area contributed by atoms with E-state index in [0.29, 0.717) is 11.5 Å². The largest absolute Gasteiger partial charge is 0.489 e. The molecule has 2 rings (SSSR count). The van der Waals surface area contributed by atoms with Crippen molar-refractivity contribution in [2.75, 3.05) is 18.2 Å². The van der Waals surface area contributed by atoms with Crippen LogP contribution < -0.4 is 21.3 Å². The number of rotatable bonds is 3. The highest BCUT2D eigenvalue weighted by Gasteiger charge is 2.08. The molecule has 0 spiro atoms. The van der Waals surface area contributed by atoms with Gasteiger partial charge in [0.25, 0.3) is 5.56 Å². The van der Waals surface area contributed by atoms with Crippen LogP contribution in [0.1, 0.15) is 0 Å². The van der Waals surface area contributed by atoms with Crippen LogP contribution in [0.2, 0.25) is 0 Å². The van der Waals surface area contributed by atoms with Gasteiger partial charge in [-0.3, -0.25) is 4.79 Å². The third kappa shape index (κ3) is 2.36. The molecular weight excluding hydrogens is 220 g/mol. The van der Waals surface area contributed by atoms with Crippen molar-refractivity contribution in [1.29, 1.82) is 0 Å². The predicted molar refractivity (Wildman–Crippen MR) is 65.5 cm³/mol. The number of H-pyrrole nitrogens is 1. The summed E-state index contributed by atoms with van der Waals surface area (Å²) in [5, 5.41) is 2.97. The molecule has 0 aliphatic heterocycles. The van der Waals surface area contributed by atoms with Gasteiger partial charge in [0, 0.05) is 11.4 Å². The van der Waals surface area contributed by atoms with E-state index in [2.05, 4.69) is 15.3 Å². The number of hydrogen-bond donors (Lipinski definition) is 3. The number of nitrogens with two attached hydrogens (primary N) is 1. The molecule has 4 N–H and O–H groups in total. The highest BCUT2D eigenvalue weighted by atomic mass is 16.5. The summed E-state index contributed by atoms with van der Waals surface area (Å²) < 4.78 is 4.98. The molecule has 0 amide bonds. The van der Waals surface area contributed by atoms with E-state index in [-0.39, 0.29) is 11.3 Å². The van der Waals surface area contributed by atoms with Crippen molar-refractivity contribution in [3.63, 3.8) is 0 Å². The first kappa shape index (κ1) is 11.0. The third-order valence-electron chi connectivity index (χ3n) is 2.16. The lowest BCUT2D eigenvalue weighted by Gasteiger charge is -2.08. The van der Waals surface area contributed by atoms with Crippen LogP contribution in [0, 0.1) is 0 Å². The zero-order chi connectivity index (χ0) is 12.3. The summed E-state index contributed by atoms with van der Waals surface area (Å²) in [5.41, 5.74) is 6.68. The lowest BCUT2D eigenvalue weighted by atomic mass is 10.3. The summed E-state index contributed by atoms with van der Waals surface area (Å²) in [6.07, 6.45) is 1.31. The zero-order valence-electron chi connectivity index (χ0n) is 9.23. The van der Waals surface area contributed by atoms with E-state index in [0.717, 1.165) is 5.69 Å². The first-order valence-electron chi connectivity index (χ1n) is 4.95. The van der Waals surface area contributed by atoms with Gasteiger partial charge in [-0.1, -0.05) is 6.07 Å². The molecule has 17 heavy (non-hydrogen) atoms. The van der Waals surface area contributed by atoms with E-state index in [1.165, 1.54) is 13.4 Å². The van der Waals surface area contributed by atoms with Gasteiger partial charge in [0.1, 0.15) is 0 Å². The Balaban J connectivity index is 2.36. The molecule has 0 saturated heterocycles. The number of nitrogens with one attached hydrogen (secondary N) is 2. The number of hydrogen-bond acceptors (Lipinski definition) is 5. The van der Waals surface area contributed by atoms with Crippen molar-refractivity contribution in [1.82, 2.24) is 9.97 Å². The molecule has 0 aliphatic carbocycles. The molecule has 0 fully saturated rings. The van der Waals surface area contributed by atoms with Crippen molar-refractivity contribution in [2.24, 2.45) is 0 Å². The van der Waals surface area contributed by atoms with E-state index < -0.39 is 0 Å². The minimum absolute atomic E-state index is 0.134. The van der Waals surface area contributed by atoms with Crippen LogP contribution in [0.15, 0.2) is 35.4 Å². The minimum atomic E-state index is -0.339. The summed E-state index contributed by atoms with van der Waals surface area (Å²) in [6, 6.07) is 7.13. The van der Waals surface area contributed by atoms with Crippen LogP contribution in [0.3, 0.4) is 0 Å². The summed E-state index contributed by atoms with van der Waals surface area (Å²) >= 11 is 0. The lowest BCUT2D eigenvalue weighted by Crippen LogP contribution is -2.12. The quantitative estimate of drug-likeness (QED) is 0.689. The van der Waals surface area contributed by atoms with E-state index in [4.69, 9.17) is 10.5 Å². The van der Waals surface area contributed by atoms with Gasteiger partial charge in [0.15, 0.2) is 5.82 Å². The Bertz CT molecular complexity index is 580. The number of anilines is 3. The maximum atomic E-state index is 11.4. The van der Waals surface area contributed by atoms with Crippen molar-refractivity contribution >= 4 is 17.2 Å². The van der Waals surface area contributed by atoms with Gasteiger partial charge in [-0.2, -0.15) is 0 Å². The molecule has 1 heterocycles. The number of aromatic nitrogens is 2. The molecule has 0 bridgehead atoms. The Labute approximate surface area is 97.5 Å². The Kier molecular flexibility index (Phi) is 2.95. The topological polar surface area (TPSA) is 93.0 Å². The van der Waals surface area contributed by atoms with Gasteiger partial charge < -0.3 is 20.8 Å². The Hall–Kier alpha value is -2.50. The fourth-order valence-corrected chi connectivity index (χ4v) is 1.42.